The smallest absolute Gasteiger partial charge is 0.223 e. The normalized spacial score (nSPS) is 25.8. The van der Waals surface area contributed by atoms with Gasteiger partial charge in [-0.1, -0.05) is 6.08 Å². The van der Waals surface area contributed by atoms with Gasteiger partial charge in [0.15, 0.2) is 0 Å². The van der Waals surface area contributed by atoms with Crippen LogP contribution in [-0.4, -0.2) is 12.5 Å². The minimum absolute atomic E-state index is 0.190. The Morgan fingerprint density at radius 1 is 1.89 bits per heavy atom. The molecule has 2 nitrogen and oxygen atoms in total. The molecule has 50 valence electrons. The van der Waals surface area contributed by atoms with E-state index in [2.05, 4.69) is 11.9 Å². The highest BCUT2D eigenvalue weighted by atomic mass is 16.2. The summed E-state index contributed by atoms with van der Waals surface area (Å²) in [4.78, 5) is 10.8. The van der Waals surface area contributed by atoms with Gasteiger partial charge in [0, 0.05) is 12.5 Å². The molecule has 1 heterocycles. The van der Waals surface area contributed by atoms with E-state index in [1.165, 1.54) is 0 Å². The van der Waals surface area contributed by atoms with E-state index in [1.54, 1.807) is 6.08 Å². The second kappa shape index (κ2) is 2.67. The van der Waals surface area contributed by atoms with Crippen molar-refractivity contribution in [3.05, 3.63) is 12.7 Å². The first-order valence-electron chi connectivity index (χ1n) is 3.23. The maximum absolute atomic E-state index is 10.8. The van der Waals surface area contributed by atoms with Gasteiger partial charge in [0.2, 0.25) is 5.91 Å². The summed E-state index contributed by atoms with van der Waals surface area (Å²) in [6, 6.07) is 0. The van der Waals surface area contributed by atoms with Crippen molar-refractivity contribution >= 4 is 5.91 Å². The molecule has 1 saturated heterocycles. The van der Waals surface area contributed by atoms with Crippen molar-refractivity contribution in [2.45, 2.75) is 12.8 Å². The molecule has 1 N–H and O–H groups in total. The molecule has 1 rings (SSSR count). The Bertz CT molecular complexity index is 131. The molecule has 1 fully saturated rings. The van der Waals surface area contributed by atoms with E-state index in [0.29, 0.717) is 0 Å². The Balaban J connectivity index is 2.39. The lowest BCUT2D eigenvalue weighted by Crippen LogP contribution is -2.18. The Hall–Kier alpha value is -0.790. The van der Waals surface area contributed by atoms with Gasteiger partial charge in [-0.2, -0.15) is 0 Å². The number of carbonyl (C=O) groups is 1. The fourth-order valence-corrected chi connectivity index (χ4v) is 1.07. The van der Waals surface area contributed by atoms with E-state index in [0.717, 1.165) is 19.4 Å². The van der Waals surface area contributed by atoms with Gasteiger partial charge in [0.1, 0.15) is 0 Å². The van der Waals surface area contributed by atoms with Gasteiger partial charge >= 0.3 is 0 Å². The molecule has 9 heavy (non-hydrogen) atoms. The fourth-order valence-electron chi connectivity index (χ4n) is 1.07. The summed E-state index contributed by atoms with van der Waals surface area (Å²) >= 11 is 0. The molecule has 0 bridgehead atoms. The monoisotopic (exact) mass is 125 g/mol. The third-order valence-electron chi connectivity index (χ3n) is 1.61. The standard InChI is InChI=1S/C7H11NO/c1-2-3-6-4-5-8-7(6)9/h2,6H,1,3-5H2,(H,8,9). The van der Waals surface area contributed by atoms with Crippen LogP contribution in [0.4, 0.5) is 0 Å². The Labute approximate surface area is 54.9 Å². The third-order valence-corrected chi connectivity index (χ3v) is 1.61. The summed E-state index contributed by atoms with van der Waals surface area (Å²) in [5, 5.41) is 2.77. The van der Waals surface area contributed by atoms with Gasteiger partial charge in [-0.25, -0.2) is 0 Å². The molecule has 0 saturated carbocycles. The minimum atomic E-state index is 0.190. The lowest BCUT2D eigenvalue weighted by molar-refractivity contribution is -0.122. The summed E-state index contributed by atoms with van der Waals surface area (Å²) in [6.45, 7) is 4.42. The molecule has 1 aliphatic rings. The van der Waals surface area contributed by atoms with Crippen molar-refractivity contribution < 1.29 is 4.79 Å². The zero-order chi connectivity index (χ0) is 6.69. The van der Waals surface area contributed by atoms with Gasteiger partial charge in [-0.15, -0.1) is 6.58 Å². The predicted octanol–water partition coefficient (Wildman–Crippen LogP) is 0.699. The molecule has 1 atom stereocenters. The van der Waals surface area contributed by atoms with Crippen LogP contribution in [0.5, 0.6) is 0 Å². The first kappa shape index (κ1) is 6.33. The summed E-state index contributed by atoms with van der Waals surface area (Å²) in [7, 11) is 0. The van der Waals surface area contributed by atoms with E-state index in [-0.39, 0.29) is 11.8 Å². The van der Waals surface area contributed by atoms with Crippen LogP contribution in [-0.2, 0) is 4.79 Å². The van der Waals surface area contributed by atoms with Gasteiger partial charge < -0.3 is 5.32 Å². The number of amides is 1. The minimum Gasteiger partial charge on any atom is -0.356 e. The number of rotatable bonds is 2. The molecule has 0 aliphatic carbocycles. The van der Waals surface area contributed by atoms with Crippen LogP contribution in [0.3, 0.4) is 0 Å². The van der Waals surface area contributed by atoms with Crippen molar-refractivity contribution in [1.82, 2.24) is 5.32 Å². The van der Waals surface area contributed by atoms with E-state index in [9.17, 15) is 4.79 Å². The van der Waals surface area contributed by atoms with Crippen molar-refractivity contribution in [2.24, 2.45) is 5.92 Å². The largest absolute Gasteiger partial charge is 0.356 e. The Morgan fingerprint density at radius 2 is 2.67 bits per heavy atom. The molecule has 0 aromatic carbocycles. The molecule has 1 unspecified atom stereocenters. The molecule has 0 radical (unpaired) electrons. The number of hydrogen-bond donors (Lipinski definition) is 1. The highest BCUT2D eigenvalue weighted by Crippen LogP contribution is 2.13. The topological polar surface area (TPSA) is 29.1 Å². The van der Waals surface area contributed by atoms with Crippen molar-refractivity contribution in [3.8, 4) is 0 Å². The zero-order valence-corrected chi connectivity index (χ0v) is 5.39. The van der Waals surface area contributed by atoms with E-state index < -0.39 is 0 Å². The van der Waals surface area contributed by atoms with Crippen LogP contribution in [0.1, 0.15) is 12.8 Å². The van der Waals surface area contributed by atoms with Crippen LogP contribution < -0.4 is 5.32 Å². The van der Waals surface area contributed by atoms with E-state index >= 15 is 0 Å². The maximum Gasteiger partial charge on any atom is 0.223 e. The first-order valence-corrected chi connectivity index (χ1v) is 3.23. The molecule has 1 aliphatic heterocycles. The first-order chi connectivity index (χ1) is 4.34. The predicted molar refractivity (Wildman–Crippen MR) is 35.9 cm³/mol. The SMILES string of the molecule is C=CCC1CCNC1=O. The molecular formula is C7H11NO. The summed E-state index contributed by atoms with van der Waals surface area (Å²) in [5.41, 5.74) is 0. The van der Waals surface area contributed by atoms with Crippen LogP contribution in [0, 0.1) is 5.92 Å². The van der Waals surface area contributed by atoms with Gasteiger partial charge in [0.25, 0.3) is 0 Å². The van der Waals surface area contributed by atoms with Gasteiger partial charge in [0.05, 0.1) is 0 Å². The summed E-state index contributed by atoms with van der Waals surface area (Å²) < 4.78 is 0. The van der Waals surface area contributed by atoms with Gasteiger partial charge in [-0.05, 0) is 12.8 Å². The van der Waals surface area contributed by atoms with Crippen molar-refractivity contribution in [2.75, 3.05) is 6.54 Å². The Kier molecular flexibility index (Phi) is 1.88. The van der Waals surface area contributed by atoms with Crippen LogP contribution in [0.25, 0.3) is 0 Å². The van der Waals surface area contributed by atoms with Gasteiger partial charge in [-0.3, -0.25) is 4.79 Å². The highest BCUT2D eigenvalue weighted by Gasteiger charge is 2.21. The number of allylic oxidation sites excluding steroid dienone is 1. The quantitative estimate of drug-likeness (QED) is 0.541. The summed E-state index contributed by atoms with van der Waals surface area (Å²) in [5.74, 6) is 0.400. The second-order valence-corrected chi connectivity index (χ2v) is 2.30. The molecule has 0 aromatic rings. The third kappa shape index (κ3) is 1.31. The van der Waals surface area contributed by atoms with Crippen LogP contribution >= 0.6 is 0 Å². The molecule has 2 heteroatoms. The molecule has 0 spiro atoms. The summed E-state index contributed by atoms with van der Waals surface area (Å²) in [6.07, 6.45) is 3.60. The lowest BCUT2D eigenvalue weighted by Gasteiger charge is -1.98. The average molecular weight is 125 g/mol. The van der Waals surface area contributed by atoms with E-state index in [4.69, 9.17) is 0 Å². The second-order valence-electron chi connectivity index (χ2n) is 2.30. The van der Waals surface area contributed by atoms with E-state index in [1.807, 2.05) is 0 Å². The average Bonchev–Trinajstić information content (AvgIpc) is 2.18. The number of hydrogen-bond acceptors (Lipinski definition) is 1. The molecule has 0 aromatic heterocycles. The highest BCUT2D eigenvalue weighted by molar-refractivity contribution is 5.80. The zero-order valence-electron chi connectivity index (χ0n) is 5.39. The van der Waals surface area contributed by atoms with Crippen molar-refractivity contribution in [3.63, 3.8) is 0 Å². The maximum atomic E-state index is 10.8. The Morgan fingerprint density at radius 3 is 3.11 bits per heavy atom. The van der Waals surface area contributed by atoms with Crippen LogP contribution in [0.15, 0.2) is 12.7 Å². The fraction of sp³-hybridized carbons (Fsp3) is 0.571. The lowest BCUT2D eigenvalue weighted by atomic mass is 10.1. The number of carbonyl (C=O) groups excluding carboxylic acids is 1. The van der Waals surface area contributed by atoms with Crippen LogP contribution in [0.2, 0.25) is 0 Å². The number of nitrogens with one attached hydrogen (secondary N) is 1. The van der Waals surface area contributed by atoms with Crippen molar-refractivity contribution in [1.29, 1.82) is 0 Å². The molecule has 1 amide bonds. The molecular weight excluding hydrogens is 114 g/mol.